The molecule has 0 saturated carbocycles. The van der Waals surface area contributed by atoms with Crippen LogP contribution in [0.15, 0.2) is 47.4 Å². The van der Waals surface area contributed by atoms with Crippen LogP contribution in [-0.4, -0.2) is 29.3 Å². The molecule has 11 heteroatoms. The molecule has 130 valence electrons. The molecule has 2 aromatic rings. The van der Waals surface area contributed by atoms with Crippen molar-refractivity contribution in [2.75, 3.05) is 0 Å². The second-order valence-corrected chi connectivity index (χ2v) is 6.91. The van der Waals surface area contributed by atoms with Crippen LogP contribution in [0.2, 0.25) is 0 Å². The highest BCUT2D eigenvalue weighted by Gasteiger charge is 2.24. The smallest absolute Gasteiger partial charge is 0.335 e. The molecule has 0 aliphatic carbocycles. The Morgan fingerprint density at radius 3 is 2.08 bits per heavy atom. The van der Waals surface area contributed by atoms with E-state index >= 15 is 0 Å². The summed E-state index contributed by atoms with van der Waals surface area (Å²) in [6.45, 7) is 0. The van der Waals surface area contributed by atoms with Crippen molar-refractivity contribution in [3.63, 3.8) is 0 Å². The van der Waals surface area contributed by atoms with Gasteiger partial charge in [-0.2, -0.15) is 0 Å². The molecule has 0 atom stereocenters. The number of carbonyl (C=O) groups is 1. The molecule has 0 aliphatic heterocycles. The number of carboxylic acids is 1. The standard InChI is InChI=1S/C14H10N2O8S/c17-14(18)9-1-2-10(13(7-9)16(21)22)8-25(23,24)12-5-3-11(4-6-12)15(19)20/h1-7H,8H2,(H,17,18). The topological polar surface area (TPSA) is 158 Å². The molecule has 0 bridgehead atoms. The van der Waals surface area contributed by atoms with Gasteiger partial charge in [0.2, 0.25) is 0 Å². The van der Waals surface area contributed by atoms with E-state index in [9.17, 15) is 33.4 Å². The highest BCUT2D eigenvalue weighted by molar-refractivity contribution is 7.90. The number of nitro benzene ring substituents is 2. The summed E-state index contributed by atoms with van der Waals surface area (Å²) in [6, 6.07) is 6.99. The predicted octanol–water partition coefficient (Wildman–Crippen LogP) is 2.18. The lowest BCUT2D eigenvalue weighted by Gasteiger charge is -2.06. The molecule has 0 amide bonds. The highest BCUT2D eigenvalue weighted by atomic mass is 32.2. The van der Waals surface area contributed by atoms with Crippen LogP contribution in [0.3, 0.4) is 0 Å². The zero-order chi connectivity index (χ0) is 18.8. The van der Waals surface area contributed by atoms with Gasteiger partial charge in [-0.3, -0.25) is 20.2 Å². The monoisotopic (exact) mass is 366 g/mol. The average molecular weight is 366 g/mol. The van der Waals surface area contributed by atoms with E-state index in [4.69, 9.17) is 5.11 Å². The van der Waals surface area contributed by atoms with Gasteiger partial charge in [-0.05, 0) is 18.2 Å². The SMILES string of the molecule is O=C(O)c1ccc(CS(=O)(=O)c2ccc([N+](=O)[O-])cc2)c([N+](=O)[O-])c1. The molecule has 2 aromatic carbocycles. The molecule has 0 fully saturated rings. The van der Waals surface area contributed by atoms with Crippen molar-refractivity contribution >= 4 is 27.2 Å². The van der Waals surface area contributed by atoms with Crippen LogP contribution in [0.1, 0.15) is 15.9 Å². The number of sulfone groups is 1. The third-order valence-electron chi connectivity index (χ3n) is 3.28. The normalized spacial score (nSPS) is 11.0. The summed E-state index contributed by atoms with van der Waals surface area (Å²) in [5, 5.41) is 30.5. The van der Waals surface area contributed by atoms with E-state index in [-0.39, 0.29) is 21.7 Å². The summed E-state index contributed by atoms with van der Waals surface area (Å²) in [4.78, 5) is 30.8. The van der Waals surface area contributed by atoms with Crippen LogP contribution < -0.4 is 0 Å². The van der Waals surface area contributed by atoms with Gasteiger partial charge in [-0.1, -0.05) is 6.07 Å². The first kappa shape index (κ1) is 18.0. The van der Waals surface area contributed by atoms with Crippen molar-refractivity contribution in [2.24, 2.45) is 0 Å². The Morgan fingerprint density at radius 1 is 1.00 bits per heavy atom. The zero-order valence-electron chi connectivity index (χ0n) is 12.4. The molecular weight excluding hydrogens is 356 g/mol. The number of hydrogen-bond donors (Lipinski definition) is 1. The summed E-state index contributed by atoms with van der Waals surface area (Å²) in [5.74, 6) is -2.13. The Balaban J connectivity index is 2.41. The van der Waals surface area contributed by atoms with Gasteiger partial charge in [-0.25, -0.2) is 13.2 Å². The number of rotatable bonds is 6. The Morgan fingerprint density at radius 2 is 1.60 bits per heavy atom. The fraction of sp³-hybridized carbons (Fsp3) is 0.0714. The van der Waals surface area contributed by atoms with Crippen molar-refractivity contribution in [3.8, 4) is 0 Å². The van der Waals surface area contributed by atoms with E-state index in [1.165, 1.54) is 0 Å². The Hall–Kier alpha value is -3.34. The molecule has 0 heterocycles. The molecule has 0 aromatic heterocycles. The predicted molar refractivity (Wildman–Crippen MR) is 84.0 cm³/mol. The maximum atomic E-state index is 12.4. The summed E-state index contributed by atoms with van der Waals surface area (Å²) >= 11 is 0. The van der Waals surface area contributed by atoms with Gasteiger partial charge >= 0.3 is 5.97 Å². The molecule has 1 N–H and O–H groups in total. The van der Waals surface area contributed by atoms with Gasteiger partial charge < -0.3 is 5.11 Å². The van der Waals surface area contributed by atoms with Gasteiger partial charge in [0.15, 0.2) is 9.84 Å². The summed E-state index contributed by atoms with van der Waals surface area (Å²) < 4.78 is 24.7. The first-order valence-corrected chi connectivity index (χ1v) is 8.25. The average Bonchev–Trinajstić information content (AvgIpc) is 2.54. The van der Waals surface area contributed by atoms with Crippen LogP contribution in [0.5, 0.6) is 0 Å². The quantitative estimate of drug-likeness (QED) is 0.601. The van der Waals surface area contributed by atoms with Crippen LogP contribution in [0.4, 0.5) is 11.4 Å². The first-order valence-electron chi connectivity index (χ1n) is 6.59. The molecule has 0 saturated heterocycles. The van der Waals surface area contributed by atoms with Crippen LogP contribution in [-0.2, 0) is 15.6 Å². The lowest BCUT2D eigenvalue weighted by atomic mass is 10.1. The summed E-state index contributed by atoms with van der Waals surface area (Å²) in [5.41, 5.74) is -1.46. The van der Waals surface area contributed by atoms with Crippen molar-refractivity contribution in [2.45, 2.75) is 10.6 Å². The molecule has 2 rings (SSSR count). The fourth-order valence-corrected chi connectivity index (χ4v) is 3.42. The summed E-state index contributed by atoms with van der Waals surface area (Å²) in [7, 11) is -4.02. The van der Waals surface area contributed by atoms with Crippen molar-refractivity contribution in [1.29, 1.82) is 0 Å². The fourth-order valence-electron chi connectivity index (χ4n) is 2.05. The lowest BCUT2D eigenvalue weighted by molar-refractivity contribution is -0.385. The molecule has 0 spiro atoms. The molecular formula is C14H10N2O8S. The highest BCUT2D eigenvalue weighted by Crippen LogP contribution is 2.26. The number of hydrogen-bond acceptors (Lipinski definition) is 7. The van der Waals surface area contributed by atoms with Gasteiger partial charge in [0, 0.05) is 23.8 Å². The van der Waals surface area contributed by atoms with Crippen molar-refractivity contribution in [3.05, 3.63) is 73.8 Å². The Labute approximate surface area is 140 Å². The maximum Gasteiger partial charge on any atom is 0.335 e. The van der Waals surface area contributed by atoms with E-state index in [1.807, 2.05) is 0 Å². The minimum absolute atomic E-state index is 0.187. The summed E-state index contributed by atoms with van der Waals surface area (Å²) in [6.07, 6.45) is 0. The van der Waals surface area contributed by atoms with E-state index in [2.05, 4.69) is 0 Å². The van der Waals surface area contributed by atoms with E-state index in [0.717, 1.165) is 42.5 Å². The van der Waals surface area contributed by atoms with Crippen molar-refractivity contribution in [1.82, 2.24) is 0 Å². The van der Waals surface area contributed by atoms with Crippen molar-refractivity contribution < 1.29 is 28.2 Å². The van der Waals surface area contributed by atoms with Gasteiger partial charge in [-0.15, -0.1) is 0 Å². The van der Waals surface area contributed by atoms with Crippen LogP contribution in [0, 0.1) is 20.2 Å². The minimum atomic E-state index is -4.02. The number of non-ortho nitro benzene ring substituents is 1. The number of aromatic carboxylic acids is 1. The maximum absolute atomic E-state index is 12.4. The van der Waals surface area contributed by atoms with Crippen LogP contribution >= 0.6 is 0 Å². The second kappa shape index (κ2) is 6.65. The number of carboxylic acid groups (broad SMARTS) is 1. The lowest BCUT2D eigenvalue weighted by Crippen LogP contribution is -2.08. The number of nitro groups is 2. The zero-order valence-corrected chi connectivity index (χ0v) is 13.2. The molecule has 0 aliphatic rings. The van der Waals surface area contributed by atoms with Gasteiger partial charge in [0.1, 0.15) is 0 Å². The molecule has 25 heavy (non-hydrogen) atoms. The second-order valence-electron chi connectivity index (χ2n) is 4.92. The molecule has 0 unspecified atom stereocenters. The van der Waals surface area contributed by atoms with Gasteiger partial charge in [0.05, 0.1) is 26.1 Å². The third kappa shape index (κ3) is 3.95. The minimum Gasteiger partial charge on any atom is -0.478 e. The molecule has 10 nitrogen and oxygen atoms in total. The first-order chi connectivity index (χ1) is 11.6. The number of benzene rings is 2. The van der Waals surface area contributed by atoms with E-state index in [0.29, 0.717) is 0 Å². The third-order valence-corrected chi connectivity index (χ3v) is 4.96. The Bertz CT molecular complexity index is 967. The Kier molecular flexibility index (Phi) is 4.79. The molecule has 0 radical (unpaired) electrons. The van der Waals surface area contributed by atoms with E-state index < -0.39 is 37.1 Å². The van der Waals surface area contributed by atoms with Gasteiger partial charge in [0.25, 0.3) is 11.4 Å². The number of nitrogens with zero attached hydrogens (tertiary/aromatic N) is 2. The largest absolute Gasteiger partial charge is 0.478 e. The van der Waals surface area contributed by atoms with Crippen LogP contribution in [0.25, 0.3) is 0 Å². The van der Waals surface area contributed by atoms with E-state index in [1.54, 1.807) is 0 Å².